The standard InChI is InChI=1S/C15H19N3O/c1-3-10-16-14-8-5-7-13(17-14)11-18-12(2)6-4-9-15(18)19/h4-9H,3,10-11H2,1-2H3,(H,16,17). The quantitative estimate of drug-likeness (QED) is 0.894. The van der Waals surface area contributed by atoms with Gasteiger partial charge in [-0.2, -0.15) is 0 Å². The summed E-state index contributed by atoms with van der Waals surface area (Å²) in [5.74, 6) is 0.862. The van der Waals surface area contributed by atoms with Gasteiger partial charge in [0.25, 0.3) is 5.56 Å². The van der Waals surface area contributed by atoms with Crippen molar-refractivity contribution in [2.45, 2.75) is 26.8 Å². The van der Waals surface area contributed by atoms with E-state index < -0.39 is 0 Å². The zero-order valence-corrected chi connectivity index (χ0v) is 11.4. The Labute approximate surface area is 113 Å². The molecule has 2 aromatic rings. The summed E-state index contributed by atoms with van der Waals surface area (Å²) in [6.07, 6.45) is 1.06. The molecule has 0 aliphatic rings. The molecule has 0 saturated heterocycles. The molecule has 0 radical (unpaired) electrons. The van der Waals surface area contributed by atoms with E-state index in [1.807, 2.05) is 31.2 Å². The molecule has 0 saturated carbocycles. The fraction of sp³-hybridized carbons (Fsp3) is 0.333. The first-order valence-corrected chi connectivity index (χ1v) is 6.57. The number of aryl methyl sites for hydroxylation is 1. The lowest BCUT2D eigenvalue weighted by Crippen LogP contribution is -2.22. The summed E-state index contributed by atoms with van der Waals surface area (Å²) in [5, 5.41) is 3.25. The van der Waals surface area contributed by atoms with E-state index in [0.717, 1.165) is 30.2 Å². The van der Waals surface area contributed by atoms with Crippen molar-refractivity contribution < 1.29 is 0 Å². The maximum absolute atomic E-state index is 11.8. The highest BCUT2D eigenvalue weighted by atomic mass is 16.1. The summed E-state index contributed by atoms with van der Waals surface area (Å²) in [6.45, 7) is 5.46. The number of pyridine rings is 2. The van der Waals surface area contributed by atoms with Gasteiger partial charge in [-0.25, -0.2) is 4.98 Å². The van der Waals surface area contributed by atoms with Crippen LogP contribution in [0.5, 0.6) is 0 Å². The van der Waals surface area contributed by atoms with Crippen LogP contribution in [-0.2, 0) is 6.54 Å². The van der Waals surface area contributed by atoms with Crippen LogP contribution in [0.1, 0.15) is 24.7 Å². The SMILES string of the molecule is CCCNc1cccc(Cn2c(C)cccc2=O)n1. The minimum Gasteiger partial charge on any atom is -0.370 e. The van der Waals surface area contributed by atoms with Gasteiger partial charge >= 0.3 is 0 Å². The fourth-order valence-electron chi connectivity index (χ4n) is 1.91. The molecular weight excluding hydrogens is 238 g/mol. The number of hydrogen-bond acceptors (Lipinski definition) is 3. The first-order valence-electron chi connectivity index (χ1n) is 6.57. The molecule has 100 valence electrons. The topological polar surface area (TPSA) is 46.9 Å². The van der Waals surface area contributed by atoms with E-state index >= 15 is 0 Å². The highest BCUT2D eigenvalue weighted by Crippen LogP contribution is 2.07. The van der Waals surface area contributed by atoms with E-state index in [-0.39, 0.29) is 5.56 Å². The van der Waals surface area contributed by atoms with Crippen molar-refractivity contribution in [2.24, 2.45) is 0 Å². The zero-order chi connectivity index (χ0) is 13.7. The third-order valence-corrected chi connectivity index (χ3v) is 2.95. The Morgan fingerprint density at radius 1 is 1.21 bits per heavy atom. The summed E-state index contributed by atoms with van der Waals surface area (Å²) in [5.41, 5.74) is 1.84. The second-order valence-electron chi connectivity index (χ2n) is 4.53. The Bertz CT molecular complexity index is 604. The van der Waals surface area contributed by atoms with Crippen molar-refractivity contribution >= 4 is 5.82 Å². The first-order chi connectivity index (χ1) is 9.20. The molecule has 0 atom stereocenters. The highest BCUT2D eigenvalue weighted by Gasteiger charge is 2.02. The van der Waals surface area contributed by atoms with Gasteiger partial charge in [0.1, 0.15) is 5.82 Å². The summed E-state index contributed by atoms with van der Waals surface area (Å²) in [4.78, 5) is 16.3. The van der Waals surface area contributed by atoms with Gasteiger partial charge in [-0.15, -0.1) is 0 Å². The number of hydrogen-bond donors (Lipinski definition) is 1. The second-order valence-corrected chi connectivity index (χ2v) is 4.53. The average molecular weight is 257 g/mol. The number of nitrogens with one attached hydrogen (secondary N) is 1. The van der Waals surface area contributed by atoms with Gasteiger partial charge in [0, 0.05) is 18.3 Å². The molecule has 2 aromatic heterocycles. The molecule has 4 nitrogen and oxygen atoms in total. The molecule has 0 bridgehead atoms. The molecule has 0 amide bonds. The first kappa shape index (κ1) is 13.3. The lowest BCUT2D eigenvalue weighted by atomic mass is 10.3. The van der Waals surface area contributed by atoms with Crippen molar-refractivity contribution in [3.63, 3.8) is 0 Å². The van der Waals surface area contributed by atoms with Crippen molar-refractivity contribution in [3.8, 4) is 0 Å². The van der Waals surface area contributed by atoms with E-state index in [9.17, 15) is 4.79 Å². The third kappa shape index (κ3) is 3.44. The average Bonchev–Trinajstić information content (AvgIpc) is 2.41. The van der Waals surface area contributed by atoms with Crippen LogP contribution in [0.2, 0.25) is 0 Å². The summed E-state index contributed by atoms with van der Waals surface area (Å²) >= 11 is 0. The third-order valence-electron chi connectivity index (χ3n) is 2.95. The van der Waals surface area contributed by atoms with E-state index in [0.29, 0.717) is 6.54 Å². The number of aromatic nitrogens is 2. The maximum atomic E-state index is 11.8. The molecule has 0 spiro atoms. The van der Waals surface area contributed by atoms with Crippen molar-refractivity contribution in [2.75, 3.05) is 11.9 Å². The Hall–Kier alpha value is -2.10. The van der Waals surface area contributed by atoms with Crippen molar-refractivity contribution in [1.29, 1.82) is 0 Å². The van der Waals surface area contributed by atoms with Crippen LogP contribution in [0.3, 0.4) is 0 Å². The van der Waals surface area contributed by atoms with Gasteiger partial charge in [0.15, 0.2) is 0 Å². The highest BCUT2D eigenvalue weighted by molar-refractivity contribution is 5.35. The molecule has 19 heavy (non-hydrogen) atoms. The monoisotopic (exact) mass is 257 g/mol. The van der Waals surface area contributed by atoms with Crippen LogP contribution in [0.25, 0.3) is 0 Å². The molecule has 0 fully saturated rings. The van der Waals surface area contributed by atoms with Crippen LogP contribution < -0.4 is 10.9 Å². The van der Waals surface area contributed by atoms with Crippen LogP contribution >= 0.6 is 0 Å². The van der Waals surface area contributed by atoms with E-state index in [1.54, 1.807) is 16.7 Å². The normalized spacial score (nSPS) is 10.4. The molecule has 2 rings (SSSR count). The summed E-state index contributed by atoms with van der Waals surface area (Å²) < 4.78 is 1.73. The largest absolute Gasteiger partial charge is 0.370 e. The Kier molecular flexibility index (Phi) is 4.34. The number of rotatable bonds is 5. The van der Waals surface area contributed by atoms with Crippen molar-refractivity contribution in [1.82, 2.24) is 9.55 Å². The predicted molar refractivity (Wildman–Crippen MR) is 77.6 cm³/mol. The van der Waals surface area contributed by atoms with Gasteiger partial charge in [0.2, 0.25) is 0 Å². The molecule has 2 heterocycles. The Morgan fingerprint density at radius 3 is 2.74 bits per heavy atom. The van der Waals surface area contributed by atoms with Gasteiger partial charge < -0.3 is 9.88 Å². The van der Waals surface area contributed by atoms with E-state index in [1.165, 1.54) is 0 Å². The molecule has 0 aromatic carbocycles. The fourth-order valence-corrected chi connectivity index (χ4v) is 1.91. The molecule has 0 aliphatic heterocycles. The minimum atomic E-state index is 0.00807. The van der Waals surface area contributed by atoms with Crippen LogP contribution in [0, 0.1) is 6.92 Å². The lowest BCUT2D eigenvalue weighted by molar-refractivity contribution is 0.713. The van der Waals surface area contributed by atoms with Gasteiger partial charge in [-0.1, -0.05) is 19.1 Å². The lowest BCUT2D eigenvalue weighted by Gasteiger charge is -2.10. The molecule has 1 N–H and O–H groups in total. The number of anilines is 1. The van der Waals surface area contributed by atoms with E-state index in [4.69, 9.17) is 0 Å². The molecule has 0 unspecified atom stereocenters. The van der Waals surface area contributed by atoms with Gasteiger partial charge in [-0.3, -0.25) is 4.79 Å². The van der Waals surface area contributed by atoms with Crippen LogP contribution in [-0.4, -0.2) is 16.1 Å². The van der Waals surface area contributed by atoms with Crippen molar-refractivity contribution in [3.05, 3.63) is 58.1 Å². The Morgan fingerprint density at radius 2 is 2.00 bits per heavy atom. The summed E-state index contributed by atoms with van der Waals surface area (Å²) in [7, 11) is 0. The Balaban J connectivity index is 2.21. The minimum absolute atomic E-state index is 0.00807. The van der Waals surface area contributed by atoms with Crippen LogP contribution in [0.4, 0.5) is 5.82 Å². The maximum Gasteiger partial charge on any atom is 0.251 e. The molecule has 0 aliphatic carbocycles. The zero-order valence-electron chi connectivity index (χ0n) is 11.4. The summed E-state index contributed by atoms with van der Waals surface area (Å²) in [6, 6.07) is 11.1. The molecular formula is C15H19N3O. The van der Waals surface area contributed by atoms with Crippen LogP contribution in [0.15, 0.2) is 41.2 Å². The van der Waals surface area contributed by atoms with Gasteiger partial charge in [0.05, 0.1) is 12.2 Å². The van der Waals surface area contributed by atoms with E-state index in [2.05, 4.69) is 17.2 Å². The smallest absolute Gasteiger partial charge is 0.251 e. The molecule has 4 heteroatoms. The second kappa shape index (κ2) is 6.18. The predicted octanol–water partition coefficient (Wildman–Crippen LogP) is 2.42. The van der Waals surface area contributed by atoms with Gasteiger partial charge in [-0.05, 0) is 31.5 Å². The number of nitrogens with zero attached hydrogens (tertiary/aromatic N) is 2.